The Morgan fingerprint density at radius 3 is 2.78 bits per heavy atom. The molecule has 0 unspecified atom stereocenters. The van der Waals surface area contributed by atoms with Gasteiger partial charge in [0.2, 0.25) is 0 Å². The second-order valence-electron chi connectivity index (χ2n) is 3.45. The van der Waals surface area contributed by atoms with Gasteiger partial charge < -0.3 is 5.11 Å². The minimum atomic E-state index is -3.47. The fraction of sp³-hybridized carbons (Fsp3) is 0.182. The topological polar surface area (TPSA) is 95.5 Å². The van der Waals surface area contributed by atoms with Gasteiger partial charge in [0, 0.05) is 19.7 Å². The van der Waals surface area contributed by atoms with Crippen LogP contribution in [0, 0.1) is 0 Å². The third kappa shape index (κ3) is 5.09. The number of aliphatic carboxylic acids is 1. The van der Waals surface area contributed by atoms with Crippen LogP contribution in [-0.4, -0.2) is 26.5 Å². The van der Waals surface area contributed by atoms with Crippen LogP contribution in [0.4, 0.5) is 0 Å². The van der Waals surface area contributed by atoms with Crippen molar-refractivity contribution in [1.82, 2.24) is 9.44 Å². The lowest BCUT2D eigenvalue weighted by Crippen LogP contribution is -2.33. The summed E-state index contributed by atoms with van der Waals surface area (Å²) >= 11 is 0. The fourth-order valence-corrected chi connectivity index (χ4v) is 1.73. The molecule has 0 aliphatic rings. The number of nitrogens with one attached hydrogen (secondary N) is 2. The first-order valence-corrected chi connectivity index (χ1v) is 6.59. The molecule has 0 saturated carbocycles. The van der Waals surface area contributed by atoms with Gasteiger partial charge in [0.1, 0.15) is 0 Å². The van der Waals surface area contributed by atoms with Gasteiger partial charge >= 0.3 is 5.97 Å². The fourth-order valence-electron chi connectivity index (χ4n) is 1.22. The lowest BCUT2D eigenvalue weighted by Gasteiger charge is -2.05. The minimum Gasteiger partial charge on any atom is -0.478 e. The molecule has 6 nitrogen and oxygen atoms in total. The summed E-state index contributed by atoms with van der Waals surface area (Å²) in [6, 6.07) is 6.91. The van der Waals surface area contributed by atoms with Crippen LogP contribution in [0.3, 0.4) is 0 Å². The summed E-state index contributed by atoms with van der Waals surface area (Å²) in [6.07, 6.45) is 2.47. The number of hydrogen-bond donors (Lipinski definition) is 3. The molecule has 0 atom stereocenters. The van der Waals surface area contributed by atoms with E-state index in [4.69, 9.17) is 5.11 Å². The standard InChI is InChI=1S/C11H14N2O4S/c1-12-18(16,17)13-8-10-4-2-3-9(7-10)5-6-11(14)15/h2-7,12-13H,8H2,1H3,(H,14,15)/b6-5+. The molecule has 1 aromatic rings. The van der Waals surface area contributed by atoms with E-state index >= 15 is 0 Å². The average Bonchev–Trinajstić information content (AvgIpc) is 2.35. The molecule has 0 aliphatic heterocycles. The highest BCUT2D eigenvalue weighted by molar-refractivity contribution is 7.87. The van der Waals surface area contributed by atoms with Crippen molar-refractivity contribution in [2.75, 3.05) is 7.05 Å². The zero-order valence-electron chi connectivity index (χ0n) is 9.75. The van der Waals surface area contributed by atoms with Crippen LogP contribution in [0.25, 0.3) is 6.08 Å². The maximum atomic E-state index is 11.2. The summed E-state index contributed by atoms with van der Waals surface area (Å²) in [7, 11) is -2.15. The third-order valence-electron chi connectivity index (χ3n) is 2.10. The number of carboxylic acids is 1. The van der Waals surface area contributed by atoms with Gasteiger partial charge in [-0.3, -0.25) is 0 Å². The first kappa shape index (κ1) is 14.4. The first-order valence-electron chi connectivity index (χ1n) is 5.11. The summed E-state index contributed by atoms with van der Waals surface area (Å²) in [4.78, 5) is 10.4. The van der Waals surface area contributed by atoms with E-state index in [1.165, 1.54) is 13.1 Å². The minimum absolute atomic E-state index is 0.137. The van der Waals surface area contributed by atoms with Crippen molar-refractivity contribution in [1.29, 1.82) is 0 Å². The molecule has 0 saturated heterocycles. The number of hydrogen-bond acceptors (Lipinski definition) is 3. The van der Waals surface area contributed by atoms with Gasteiger partial charge in [-0.15, -0.1) is 0 Å². The molecule has 3 N–H and O–H groups in total. The van der Waals surface area contributed by atoms with E-state index in [2.05, 4.69) is 9.44 Å². The van der Waals surface area contributed by atoms with E-state index in [1.807, 2.05) is 0 Å². The van der Waals surface area contributed by atoms with Crippen LogP contribution in [-0.2, 0) is 21.5 Å². The van der Waals surface area contributed by atoms with Gasteiger partial charge in [-0.05, 0) is 17.2 Å². The van der Waals surface area contributed by atoms with Gasteiger partial charge in [-0.2, -0.15) is 13.1 Å². The number of carboxylic acid groups (broad SMARTS) is 1. The van der Waals surface area contributed by atoms with Crippen molar-refractivity contribution in [3.8, 4) is 0 Å². The first-order chi connectivity index (χ1) is 8.43. The predicted molar refractivity (Wildman–Crippen MR) is 67.9 cm³/mol. The van der Waals surface area contributed by atoms with Gasteiger partial charge in [-0.25, -0.2) is 9.52 Å². The Labute approximate surface area is 106 Å². The van der Waals surface area contributed by atoms with E-state index in [-0.39, 0.29) is 6.54 Å². The van der Waals surface area contributed by atoms with Crippen LogP contribution in [0.1, 0.15) is 11.1 Å². The van der Waals surface area contributed by atoms with Crippen molar-refractivity contribution in [2.45, 2.75) is 6.54 Å². The summed E-state index contributed by atoms with van der Waals surface area (Å²) in [6.45, 7) is 0.137. The molecule has 0 amide bonds. The van der Waals surface area contributed by atoms with E-state index in [9.17, 15) is 13.2 Å². The van der Waals surface area contributed by atoms with Crippen LogP contribution in [0.2, 0.25) is 0 Å². The Bertz CT molecular complexity index is 552. The monoisotopic (exact) mass is 270 g/mol. The molecule has 0 aliphatic carbocycles. The molecule has 0 spiro atoms. The van der Waals surface area contributed by atoms with Gasteiger partial charge in [0.15, 0.2) is 0 Å². The third-order valence-corrected chi connectivity index (χ3v) is 3.17. The molecular weight excluding hydrogens is 256 g/mol. The molecule has 0 radical (unpaired) electrons. The largest absolute Gasteiger partial charge is 0.478 e. The van der Waals surface area contributed by atoms with Crippen molar-refractivity contribution < 1.29 is 18.3 Å². The molecule has 0 fully saturated rings. The van der Waals surface area contributed by atoms with Crippen LogP contribution < -0.4 is 9.44 Å². The predicted octanol–water partition coefficient (Wildman–Crippen LogP) is 0.338. The molecule has 0 aromatic heterocycles. The van der Waals surface area contributed by atoms with Gasteiger partial charge in [0.25, 0.3) is 10.2 Å². The lowest BCUT2D eigenvalue weighted by atomic mass is 10.1. The SMILES string of the molecule is CNS(=O)(=O)NCc1cccc(/C=C/C(=O)O)c1. The van der Waals surface area contributed by atoms with Crippen LogP contribution in [0.15, 0.2) is 30.3 Å². The molecule has 0 heterocycles. The van der Waals surface area contributed by atoms with E-state index in [0.29, 0.717) is 5.56 Å². The van der Waals surface area contributed by atoms with E-state index in [0.717, 1.165) is 11.6 Å². The lowest BCUT2D eigenvalue weighted by molar-refractivity contribution is -0.131. The van der Waals surface area contributed by atoms with E-state index in [1.54, 1.807) is 24.3 Å². The zero-order valence-corrected chi connectivity index (χ0v) is 10.6. The Morgan fingerprint density at radius 2 is 2.17 bits per heavy atom. The molecule has 1 rings (SSSR count). The quantitative estimate of drug-likeness (QED) is 0.649. The number of rotatable bonds is 6. The van der Waals surface area contributed by atoms with Crippen molar-refractivity contribution in [2.24, 2.45) is 0 Å². The van der Waals surface area contributed by atoms with Crippen molar-refractivity contribution in [3.63, 3.8) is 0 Å². The molecule has 1 aromatic carbocycles. The smallest absolute Gasteiger partial charge is 0.328 e. The normalized spacial score (nSPS) is 11.8. The molecular formula is C11H14N2O4S. The second kappa shape index (κ2) is 6.29. The molecule has 98 valence electrons. The summed E-state index contributed by atoms with van der Waals surface area (Å²) < 4.78 is 26.8. The number of benzene rings is 1. The van der Waals surface area contributed by atoms with E-state index < -0.39 is 16.2 Å². The zero-order chi connectivity index (χ0) is 13.6. The van der Waals surface area contributed by atoms with Crippen molar-refractivity contribution in [3.05, 3.63) is 41.5 Å². The van der Waals surface area contributed by atoms with Crippen LogP contribution >= 0.6 is 0 Å². The highest BCUT2D eigenvalue weighted by Gasteiger charge is 2.04. The second-order valence-corrected chi connectivity index (χ2v) is 5.15. The summed E-state index contributed by atoms with van der Waals surface area (Å²) in [5, 5.41) is 8.50. The van der Waals surface area contributed by atoms with Gasteiger partial charge in [-0.1, -0.05) is 24.3 Å². The maximum Gasteiger partial charge on any atom is 0.328 e. The molecule has 7 heteroatoms. The van der Waals surface area contributed by atoms with Crippen LogP contribution in [0.5, 0.6) is 0 Å². The molecule has 18 heavy (non-hydrogen) atoms. The Hall–Kier alpha value is -1.70. The number of carbonyl (C=O) groups is 1. The summed E-state index contributed by atoms with van der Waals surface area (Å²) in [5.41, 5.74) is 1.43. The Kier molecular flexibility index (Phi) is 5.02. The Morgan fingerprint density at radius 1 is 1.44 bits per heavy atom. The Balaban J connectivity index is 2.74. The average molecular weight is 270 g/mol. The van der Waals surface area contributed by atoms with Crippen molar-refractivity contribution >= 4 is 22.3 Å². The summed E-state index contributed by atoms with van der Waals surface area (Å²) in [5.74, 6) is -1.03. The van der Waals surface area contributed by atoms with Gasteiger partial charge in [0.05, 0.1) is 0 Å². The maximum absolute atomic E-state index is 11.2. The highest BCUT2D eigenvalue weighted by atomic mass is 32.2. The molecule has 0 bridgehead atoms. The highest BCUT2D eigenvalue weighted by Crippen LogP contribution is 2.07.